The number of hydrogen-bond acceptors (Lipinski definition) is 7. The van der Waals surface area contributed by atoms with Gasteiger partial charge in [0.25, 0.3) is 5.91 Å². The first-order chi connectivity index (χ1) is 20.3. The molecule has 0 spiro atoms. The Bertz CT molecular complexity index is 1250. The Morgan fingerprint density at radius 3 is 2.52 bits per heavy atom. The van der Waals surface area contributed by atoms with Crippen molar-refractivity contribution in [2.24, 2.45) is 5.92 Å². The molecule has 0 aromatic heterocycles. The van der Waals surface area contributed by atoms with Gasteiger partial charge in [-0.05, 0) is 61.6 Å². The van der Waals surface area contributed by atoms with Crippen LogP contribution in [0.5, 0.6) is 17.2 Å². The van der Waals surface area contributed by atoms with Gasteiger partial charge in [-0.3, -0.25) is 19.2 Å². The van der Waals surface area contributed by atoms with Gasteiger partial charge in [-0.1, -0.05) is 26.0 Å². The predicted octanol–water partition coefficient (Wildman–Crippen LogP) is 2.29. The molecular formula is C31H40N4O7. The zero-order valence-corrected chi connectivity index (χ0v) is 24.4. The zero-order chi connectivity index (χ0) is 30.1. The van der Waals surface area contributed by atoms with Crippen LogP contribution < -0.4 is 30.2 Å². The highest BCUT2D eigenvalue weighted by Crippen LogP contribution is 2.23. The van der Waals surface area contributed by atoms with Crippen molar-refractivity contribution < 1.29 is 33.4 Å². The van der Waals surface area contributed by atoms with Crippen molar-refractivity contribution in [3.8, 4) is 17.2 Å². The fourth-order valence-corrected chi connectivity index (χ4v) is 5.03. The van der Waals surface area contributed by atoms with Crippen molar-refractivity contribution in [2.45, 2.75) is 57.7 Å². The van der Waals surface area contributed by atoms with Crippen molar-refractivity contribution in [3.63, 3.8) is 0 Å². The fourth-order valence-electron chi connectivity index (χ4n) is 5.03. The Kier molecular flexibility index (Phi) is 10.6. The number of carbonyl (C=O) groups is 4. The van der Waals surface area contributed by atoms with Crippen LogP contribution in [0.25, 0.3) is 0 Å². The Morgan fingerprint density at radius 1 is 1.05 bits per heavy atom. The van der Waals surface area contributed by atoms with Crippen LogP contribution in [0.3, 0.4) is 0 Å². The number of nitrogens with zero attached hydrogens (tertiary/aromatic N) is 1. The number of carbonyl (C=O) groups excluding carboxylic acids is 4. The highest BCUT2D eigenvalue weighted by atomic mass is 16.5. The maximum absolute atomic E-state index is 13.4. The molecule has 2 aliphatic rings. The van der Waals surface area contributed by atoms with E-state index in [1.54, 1.807) is 60.5 Å². The molecule has 11 nitrogen and oxygen atoms in total. The highest BCUT2D eigenvalue weighted by Gasteiger charge is 2.36. The summed E-state index contributed by atoms with van der Waals surface area (Å²) in [7, 11) is 1.58. The highest BCUT2D eigenvalue weighted by molar-refractivity contribution is 5.99. The smallest absolute Gasteiger partial charge is 0.255 e. The first-order valence-electron chi connectivity index (χ1n) is 14.4. The van der Waals surface area contributed by atoms with Gasteiger partial charge >= 0.3 is 0 Å². The molecular weight excluding hydrogens is 540 g/mol. The molecule has 4 rings (SSSR count). The fraction of sp³-hybridized carbons (Fsp3) is 0.484. The number of nitrogens with one attached hydrogen (secondary N) is 3. The van der Waals surface area contributed by atoms with Crippen molar-refractivity contribution in [2.75, 3.05) is 33.4 Å². The maximum Gasteiger partial charge on any atom is 0.255 e. The lowest BCUT2D eigenvalue weighted by Crippen LogP contribution is -2.52. The largest absolute Gasteiger partial charge is 0.497 e. The van der Waals surface area contributed by atoms with Gasteiger partial charge in [0.15, 0.2) is 0 Å². The summed E-state index contributed by atoms with van der Waals surface area (Å²) in [5.74, 6) is 0.353. The van der Waals surface area contributed by atoms with Crippen LogP contribution in [0.4, 0.5) is 0 Å². The van der Waals surface area contributed by atoms with E-state index in [1.807, 2.05) is 13.8 Å². The minimum Gasteiger partial charge on any atom is -0.497 e. The van der Waals surface area contributed by atoms with Gasteiger partial charge in [0.1, 0.15) is 42.5 Å². The summed E-state index contributed by atoms with van der Waals surface area (Å²) in [5.41, 5.74) is 0.258. The standard InChI is InChI=1S/C31H40N4O7/c1-20(2)25-19-42-27-9-5-4-7-23(27)29(37)33-24(14-15-28(36)35-17-6-8-26(35)31(39)34-25)30(38)32-16-18-41-22-12-10-21(40-3)11-13-22/h4-5,7,9-13,20,24-26H,6,8,14-19H2,1-3H3,(H,32,38)(H,33,37)(H,34,39)/t24-,25+,26+/m0/s1. The molecule has 0 radical (unpaired) electrons. The van der Waals surface area contributed by atoms with Crippen molar-refractivity contribution >= 4 is 23.6 Å². The lowest BCUT2D eigenvalue weighted by molar-refractivity contribution is -0.139. The van der Waals surface area contributed by atoms with Crippen molar-refractivity contribution in [3.05, 3.63) is 54.1 Å². The average molecular weight is 581 g/mol. The number of methoxy groups -OCH3 is 1. The van der Waals surface area contributed by atoms with Crippen molar-refractivity contribution in [1.29, 1.82) is 0 Å². The predicted molar refractivity (Wildman–Crippen MR) is 155 cm³/mol. The first-order valence-corrected chi connectivity index (χ1v) is 14.4. The van der Waals surface area contributed by atoms with E-state index in [4.69, 9.17) is 14.2 Å². The summed E-state index contributed by atoms with van der Waals surface area (Å²) < 4.78 is 16.9. The third-order valence-corrected chi connectivity index (χ3v) is 7.56. The maximum atomic E-state index is 13.4. The summed E-state index contributed by atoms with van der Waals surface area (Å²) in [6.07, 6.45) is 1.35. The number of amides is 4. The second kappa shape index (κ2) is 14.6. The van der Waals surface area contributed by atoms with E-state index in [-0.39, 0.29) is 61.9 Å². The molecule has 42 heavy (non-hydrogen) atoms. The van der Waals surface area contributed by atoms with Crippen LogP contribution in [-0.4, -0.2) is 80.1 Å². The molecule has 11 heteroatoms. The lowest BCUT2D eigenvalue weighted by Gasteiger charge is -2.28. The van der Waals surface area contributed by atoms with Crippen LogP contribution in [0.2, 0.25) is 0 Å². The summed E-state index contributed by atoms with van der Waals surface area (Å²) in [6.45, 7) is 4.96. The van der Waals surface area contributed by atoms with E-state index < -0.39 is 23.9 Å². The third kappa shape index (κ3) is 7.92. The molecule has 1 saturated heterocycles. The molecule has 2 heterocycles. The molecule has 0 bridgehead atoms. The summed E-state index contributed by atoms with van der Waals surface area (Å²) >= 11 is 0. The van der Waals surface area contributed by atoms with E-state index in [2.05, 4.69) is 16.0 Å². The Labute approximate surface area is 246 Å². The summed E-state index contributed by atoms with van der Waals surface area (Å²) in [4.78, 5) is 54.7. The molecule has 2 aromatic carbocycles. The topological polar surface area (TPSA) is 135 Å². The Morgan fingerprint density at radius 2 is 1.79 bits per heavy atom. The van der Waals surface area contributed by atoms with Gasteiger partial charge in [-0.2, -0.15) is 0 Å². The number of para-hydroxylation sites is 1. The average Bonchev–Trinajstić information content (AvgIpc) is 3.49. The number of hydrogen-bond donors (Lipinski definition) is 3. The number of rotatable bonds is 7. The van der Waals surface area contributed by atoms with Gasteiger partial charge in [-0.15, -0.1) is 0 Å². The lowest BCUT2D eigenvalue weighted by atomic mass is 10.0. The van der Waals surface area contributed by atoms with E-state index in [0.29, 0.717) is 30.2 Å². The number of fused-ring (bicyclic) bond motifs is 2. The van der Waals surface area contributed by atoms with Gasteiger partial charge in [-0.25, -0.2) is 0 Å². The normalized spacial score (nSPS) is 21.6. The van der Waals surface area contributed by atoms with E-state index in [1.165, 1.54) is 0 Å². The van der Waals surface area contributed by atoms with Crippen LogP contribution in [0.15, 0.2) is 48.5 Å². The van der Waals surface area contributed by atoms with E-state index in [9.17, 15) is 19.2 Å². The second-order valence-corrected chi connectivity index (χ2v) is 10.8. The molecule has 3 N–H and O–H groups in total. The molecule has 0 unspecified atom stereocenters. The molecule has 226 valence electrons. The molecule has 0 aliphatic carbocycles. The van der Waals surface area contributed by atoms with Gasteiger partial charge in [0, 0.05) is 13.0 Å². The summed E-state index contributed by atoms with van der Waals surface area (Å²) in [5, 5.41) is 8.65. The SMILES string of the molecule is COc1ccc(OCCNC(=O)[C@@H]2CCC(=O)N3CCC[C@@H]3C(=O)N[C@@H](C(C)C)COc3ccccc3C(=O)N2)cc1. The Balaban J connectivity index is 1.49. The number of benzene rings is 2. The van der Waals surface area contributed by atoms with Gasteiger partial charge < -0.3 is 35.1 Å². The number of ether oxygens (including phenoxy) is 3. The third-order valence-electron chi connectivity index (χ3n) is 7.56. The summed E-state index contributed by atoms with van der Waals surface area (Å²) in [6, 6.07) is 12.0. The molecule has 3 atom stereocenters. The second-order valence-electron chi connectivity index (χ2n) is 10.8. The molecule has 2 aromatic rings. The van der Waals surface area contributed by atoms with Crippen LogP contribution >= 0.6 is 0 Å². The Hall–Kier alpha value is -4.28. The van der Waals surface area contributed by atoms with Gasteiger partial charge in [0.2, 0.25) is 17.7 Å². The monoisotopic (exact) mass is 580 g/mol. The van der Waals surface area contributed by atoms with E-state index >= 15 is 0 Å². The van der Waals surface area contributed by atoms with Crippen LogP contribution in [0, 0.1) is 5.92 Å². The molecule has 2 aliphatic heterocycles. The minimum absolute atomic E-state index is 0.00372. The first kappa shape index (κ1) is 30.7. The van der Waals surface area contributed by atoms with Crippen LogP contribution in [0.1, 0.15) is 49.9 Å². The quantitative estimate of drug-likeness (QED) is 0.428. The molecule has 4 amide bonds. The molecule has 1 fully saturated rings. The van der Waals surface area contributed by atoms with Crippen molar-refractivity contribution in [1.82, 2.24) is 20.9 Å². The van der Waals surface area contributed by atoms with Gasteiger partial charge in [0.05, 0.1) is 25.3 Å². The molecule has 0 saturated carbocycles. The van der Waals surface area contributed by atoms with E-state index in [0.717, 1.165) is 6.42 Å². The zero-order valence-electron chi connectivity index (χ0n) is 24.4. The van der Waals surface area contributed by atoms with Crippen LogP contribution in [-0.2, 0) is 14.4 Å². The minimum atomic E-state index is -0.987.